The maximum atomic E-state index is 13.3. The third-order valence-electron chi connectivity index (χ3n) is 14.0. The van der Waals surface area contributed by atoms with Crippen LogP contribution in [0.25, 0.3) is 0 Å². The van der Waals surface area contributed by atoms with E-state index in [9.17, 15) is 24.3 Å². The van der Waals surface area contributed by atoms with Gasteiger partial charge in [-0.05, 0) is 98.7 Å². The van der Waals surface area contributed by atoms with Crippen molar-refractivity contribution in [2.75, 3.05) is 0 Å². The van der Waals surface area contributed by atoms with Crippen LogP contribution < -0.4 is 0 Å². The number of Topliss-reactive ketones (excluding diaryl/α,β-unsaturated/α-hetero) is 1. The fraction of sp³-hybridized carbons (Fsp3) is 0.889. The maximum absolute atomic E-state index is 13.3. The van der Waals surface area contributed by atoms with Gasteiger partial charge in [-0.3, -0.25) is 19.2 Å². The molecule has 0 aromatic carbocycles. The van der Waals surface area contributed by atoms with Crippen molar-refractivity contribution < 1.29 is 38.5 Å². The first-order valence-electron chi connectivity index (χ1n) is 16.9. The van der Waals surface area contributed by atoms with Gasteiger partial charge in [-0.25, -0.2) is 0 Å². The van der Waals surface area contributed by atoms with Gasteiger partial charge in [0.1, 0.15) is 24.1 Å². The zero-order valence-electron chi connectivity index (χ0n) is 28.7. The summed E-state index contributed by atoms with van der Waals surface area (Å²) >= 11 is 0. The van der Waals surface area contributed by atoms with E-state index in [1.54, 1.807) is 13.8 Å². The van der Waals surface area contributed by atoms with E-state index in [1.807, 2.05) is 0 Å². The number of carbonyl (C=O) groups excluding carboxylic acids is 4. The molecule has 0 radical (unpaired) electrons. The summed E-state index contributed by atoms with van der Waals surface area (Å²) in [5.74, 6) is -0.189. The van der Waals surface area contributed by atoms with Crippen LogP contribution in [0.15, 0.2) is 0 Å². The summed E-state index contributed by atoms with van der Waals surface area (Å²) in [5, 5.41) is 10.7. The number of rotatable bonds is 8. The fourth-order valence-electron chi connectivity index (χ4n) is 12.3. The zero-order valence-corrected chi connectivity index (χ0v) is 28.7. The van der Waals surface area contributed by atoms with Gasteiger partial charge in [-0.15, -0.1) is 0 Å². The summed E-state index contributed by atoms with van der Waals surface area (Å²) in [6, 6.07) is 0. The molecule has 0 bridgehead atoms. The predicted octanol–water partition coefficient (Wildman–Crippen LogP) is 6.20. The maximum Gasteiger partial charge on any atom is 0.303 e. The second-order valence-electron chi connectivity index (χ2n) is 17.1. The standard InChI is InChI=1S/C36H56O8/c1-20(11-12-28(32(7,8)41)44-23(4)39)29-25(43-22(3)38)18-34(10)26-17-24(42-21(2)37)30-31(5,6)27(40)13-14-36(30)19-35(26,36)16-15-33(29,34)9/h20,24-26,28-30,41H,11-19H2,1-10H3/t20-,24+,25+,26+,28-,29+,30+,33-,34+,35+,36-/m1/s1. The number of ketones is 1. The molecule has 0 aliphatic heterocycles. The Bertz CT molecular complexity index is 1220. The van der Waals surface area contributed by atoms with Crippen molar-refractivity contribution in [3.8, 4) is 0 Å². The summed E-state index contributed by atoms with van der Waals surface area (Å²) in [6.45, 7) is 18.8. The van der Waals surface area contributed by atoms with Crippen molar-refractivity contribution >= 4 is 23.7 Å². The number of hydrogen-bond donors (Lipinski definition) is 1. The summed E-state index contributed by atoms with van der Waals surface area (Å²) in [5.41, 5.74) is -1.95. The lowest BCUT2D eigenvalue weighted by molar-refractivity contribution is -0.197. The lowest BCUT2D eigenvalue weighted by Crippen LogP contribution is -2.61. The number of aliphatic hydroxyl groups is 1. The number of fused-ring (bicyclic) bond motifs is 2. The Labute approximate surface area is 263 Å². The van der Waals surface area contributed by atoms with Crippen LogP contribution in [0.2, 0.25) is 0 Å². The zero-order chi connectivity index (χ0) is 32.8. The molecule has 5 saturated carbocycles. The van der Waals surface area contributed by atoms with Crippen molar-refractivity contribution in [3.63, 3.8) is 0 Å². The minimum atomic E-state index is -1.17. The van der Waals surface area contributed by atoms with E-state index in [-0.39, 0.29) is 75.3 Å². The van der Waals surface area contributed by atoms with E-state index in [0.29, 0.717) is 19.3 Å². The molecule has 8 heteroatoms. The number of hydrogen-bond acceptors (Lipinski definition) is 8. The molecule has 5 fully saturated rings. The van der Waals surface area contributed by atoms with Crippen LogP contribution in [0.1, 0.15) is 127 Å². The number of esters is 3. The second-order valence-corrected chi connectivity index (χ2v) is 17.1. The topological polar surface area (TPSA) is 116 Å². The molecule has 2 spiro atoms. The molecule has 1 N–H and O–H groups in total. The molecule has 0 aromatic heterocycles. The SMILES string of the molecule is CC(=O)O[C@H]1C[C@@]2(C)[C@@H]3C[C@H](OC(C)=O)[C@H]4C(C)(C)C(=O)CC[C@@]45C[C@@]35CC[C@]2(C)[C@H]1[C@H](C)CC[C@@H](OC(C)=O)C(C)(C)O. The van der Waals surface area contributed by atoms with E-state index < -0.39 is 23.1 Å². The minimum absolute atomic E-state index is 0.0115. The molecule has 8 nitrogen and oxygen atoms in total. The molecule has 0 saturated heterocycles. The Kier molecular flexibility index (Phi) is 8.00. The second kappa shape index (κ2) is 10.5. The lowest BCUT2D eigenvalue weighted by atomic mass is 9.41. The van der Waals surface area contributed by atoms with Crippen molar-refractivity contribution in [2.45, 2.75) is 151 Å². The van der Waals surface area contributed by atoms with Gasteiger partial charge in [0.15, 0.2) is 0 Å². The summed E-state index contributed by atoms with van der Waals surface area (Å²) in [4.78, 5) is 50.1. The Morgan fingerprint density at radius 3 is 2.07 bits per heavy atom. The van der Waals surface area contributed by atoms with E-state index in [2.05, 4.69) is 34.6 Å². The van der Waals surface area contributed by atoms with Gasteiger partial charge in [-0.2, -0.15) is 0 Å². The van der Waals surface area contributed by atoms with Crippen LogP contribution in [0.5, 0.6) is 0 Å². The summed E-state index contributed by atoms with van der Waals surface area (Å²) in [6.07, 6.45) is 6.09. The molecule has 5 rings (SSSR count). The van der Waals surface area contributed by atoms with Crippen LogP contribution in [-0.2, 0) is 33.4 Å². The normalized spacial score (nSPS) is 43.3. The fourth-order valence-corrected chi connectivity index (χ4v) is 12.3. The van der Waals surface area contributed by atoms with Crippen LogP contribution >= 0.6 is 0 Å². The van der Waals surface area contributed by atoms with Gasteiger partial charge in [-0.1, -0.05) is 34.6 Å². The third-order valence-corrected chi connectivity index (χ3v) is 14.0. The highest BCUT2D eigenvalue weighted by Gasteiger charge is 2.85. The Morgan fingerprint density at radius 1 is 0.886 bits per heavy atom. The summed E-state index contributed by atoms with van der Waals surface area (Å²) in [7, 11) is 0. The molecule has 0 heterocycles. The highest BCUT2D eigenvalue weighted by atomic mass is 16.6. The van der Waals surface area contributed by atoms with Crippen molar-refractivity contribution in [3.05, 3.63) is 0 Å². The van der Waals surface area contributed by atoms with Gasteiger partial charge >= 0.3 is 17.9 Å². The van der Waals surface area contributed by atoms with E-state index >= 15 is 0 Å². The minimum Gasteiger partial charge on any atom is -0.462 e. The van der Waals surface area contributed by atoms with Gasteiger partial charge in [0, 0.05) is 44.4 Å². The Morgan fingerprint density at radius 2 is 1.50 bits per heavy atom. The first-order valence-corrected chi connectivity index (χ1v) is 16.9. The highest BCUT2D eigenvalue weighted by molar-refractivity contribution is 5.86. The molecule has 5 aliphatic rings. The van der Waals surface area contributed by atoms with E-state index in [4.69, 9.17) is 14.2 Å². The first kappa shape index (κ1) is 33.4. The molecular formula is C36H56O8. The molecule has 5 aliphatic carbocycles. The highest BCUT2D eigenvalue weighted by Crippen LogP contribution is 2.89. The smallest absolute Gasteiger partial charge is 0.303 e. The number of ether oxygens (including phenoxy) is 3. The van der Waals surface area contributed by atoms with Gasteiger partial charge in [0.2, 0.25) is 0 Å². The van der Waals surface area contributed by atoms with E-state index in [0.717, 1.165) is 38.5 Å². The quantitative estimate of drug-likeness (QED) is 0.253. The molecule has 11 atom stereocenters. The van der Waals surface area contributed by atoms with Crippen LogP contribution in [-0.4, -0.2) is 52.7 Å². The van der Waals surface area contributed by atoms with Crippen LogP contribution in [0.3, 0.4) is 0 Å². The molecule has 0 unspecified atom stereocenters. The van der Waals surface area contributed by atoms with Crippen molar-refractivity contribution in [1.82, 2.24) is 0 Å². The Balaban J connectivity index is 1.51. The third kappa shape index (κ3) is 4.78. The average molecular weight is 617 g/mol. The monoisotopic (exact) mass is 616 g/mol. The van der Waals surface area contributed by atoms with Gasteiger partial charge in [0.25, 0.3) is 0 Å². The molecule has 0 aromatic rings. The van der Waals surface area contributed by atoms with Gasteiger partial charge in [0.05, 0.1) is 5.60 Å². The van der Waals surface area contributed by atoms with Gasteiger partial charge < -0.3 is 19.3 Å². The van der Waals surface area contributed by atoms with Crippen LogP contribution in [0, 0.1) is 50.7 Å². The first-order chi connectivity index (χ1) is 20.2. The number of carbonyl (C=O) groups is 4. The Hall–Kier alpha value is -1.96. The van der Waals surface area contributed by atoms with Crippen molar-refractivity contribution in [2.24, 2.45) is 50.7 Å². The summed E-state index contributed by atoms with van der Waals surface area (Å²) < 4.78 is 17.9. The molecule has 248 valence electrons. The van der Waals surface area contributed by atoms with E-state index in [1.165, 1.54) is 20.8 Å². The largest absolute Gasteiger partial charge is 0.462 e. The molecule has 44 heavy (non-hydrogen) atoms. The lowest BCUT2D eigenvalue weighted by Gasteiger charge is -2.63. The molecular weight excluding hydrogens is 560 g/mol. The van der Waals surface area contributed by atoms with Crippen molar-refractivity contribution in [1.29, 1.82) is 0 Å². The predicted molar refractivity (Wildman–Crippen MR) is 164 cm³/mol. The average Bonchev–Trinajstić information content (AvgIpc) is 3.46. The molecule has 0 amide bonds. The van der Waals surface area contributed by atoms with Crippen LogP contribution in [0.4, 0.5) is 0 Å².